The van der Waals surface area contributed by atoms with Crippen LogP contribution in [0.5, 0.6) is 0 Å². The number of thiazole rings is 1. The first-order valence-electron chi connectivity index (χ1n) is 8.89. The van der Waals surface area contributed by atoms with Crippen LogP contribution in [0.2, 0.25) is 5.02 Å². The highest BCUT2D eigenvalue weighted by Gasteiger charge is 2.32. The lowest BCUT2D eigenvalue weighted by Crippen LogP contribution is -2.43. The fraction of sp³-hybridized carbons (Fsp3) is 0.0500. The van der Waals surface area contributed by atoms with E-state index in [1.54, 1.807) is 17.5 Å². The maximum atomic E-state index is 12.5. The molecule has 0 aliphatic carbocycles. The molecule has 9 nitrogen and oxygen atoms in total. The number of hydrogen-bond donors (Lipinski definition) is 3. The maximum absolute atomic E-state index is 12.5. The van der Waals surface area contributed by atoms with E-state index in [-0.39, 0.29) is 35.0 Å². The predicted octanol–water partition coefficient (Wildman–Crippen LogP) is 4.28. The Morgan fingerprint density at radius 2 is 2.03 bits per heavy atom. The fourth-order valence-electron chi connectivity index (χ4n) is 2.99. The Kier molecular flexibility index (Phi) is 5.40. The molecule has 0 saturated heterocycles. The number of amides is 1. The van der Waals surface area contributed by atoms with E-state index in [0.717, 1.165) is 16.6 Å². The number of hydrazine groups is 1. The third kappa shape index (κ3) is 4.11. The Morgan fingerprint density at radius 3 is 2.74 bits per heavy atom. The summed E-state index contributed by atoms with van der Waals surface area (Å²) >= 11 is 7.17. The number of rotatable bonds is 5. The van der Waals surface area contributed by atoms with Crippen LogP contribution in [0.1, 0.15) is 15.4 Å². The van der Waals surface area contributed by atoms with E-state index >= 15 is 0 Å². The molecule has 2 heterocycles. The summed E-state index contributed by atoms with van der Waals surface area (Å²) in [4.78, 5) is 27.3. The lowest BCUT2D eigenvalue weighted by atomic mass is 10.2. The molecule has 4 rings (SSSR count). The number of carbonyl (C=O) groups excluding carboxylic acids is 1. The molecule has 1 amide bonds. The van der Waals surface area contributed by atoms with Crippen molar-refractivity contribution in [1.29, 1.82) is 5.41 Å². The van der Waals surface area contributed by atoms with Crippen LogP contribution in [0.3, 0.4) is 0 Å². The molecule has 2 aromatic carbocycles. The molecule has 31 heavy (non-hydrogen) atoms. The Balaban J connectivity index is 1.51. The van der Waals surface area contributed by atoms with Crippen LogP contribution in [0.25, 0.3) is 16.8 Å². The Bertz CT molecular complexity index is 1240. The van der Waals surface area contributed by atoms with Crippen LogP contribution in [-0.4, -0.2) is 38.3 Å². The summed E-state index contributed by atoms with van der Waals surface area (Å²) in [5.41, 5.74) is 4.06. The second kappa shape index (κ2) is 8.17. The van der Waals surface area contributed by atoms with Crippen molar-refractivity contribution in [2.75, 3.05) is 6.54 Å². The van der Waals surface area contributed by atoms with E-state index < -0.39 is 10.8 Å². The van der Waals surface area contributed by atoms with Gasteiger partial charge in [-0.2, -0.15) is 0 Å². The molecule has 3 aromatic rings. The van der Waals surface area contributed by atoms with Gasteiger partial charge < -0.3 is 5.11 Å². The van der Waals surface area contributed by atoms with Gasteiger partial charge in [-0.1, -0.05) is 29.8 Å². The highest BCUT2D eigenvalue weighted by atomic mass is 35.5. The summed E-state index contributed by atoms with van der Waals surface area (Å²) in [5.74, 6) is -0.877. The molecule has 156 valence electrons. The summed E-state index contributed by atoms with van der Waals surface area (Å²) < 4.78 is 0. The zero-order valence-corrected chi connectivity index (χ0v) is 17.3. The zero-order valence-electron chi connectivity index (χ0n) is 15.7. The first-order valence-corrected chi connectivity index (χ1v) is 10.1. The van der Waals surface area contributed by atoms with E-state index in [4.69, 9.17) is 17.0 Å². The van der Waals surface area contributed by atoms with E-state index in [2.05, 4.69) is 10.4 Å². The lowest BCUT2D eigenvalue weighted by Gasteiger charge is -2.19. The average Bonchev–Trinajstić information content (AvgIpc) is 3.33. The first-order chi connectivity index (χ1) is 14.8. The number of nitrogens with zero attached hydrogens (tertiary/aromatic N) is 3. The highest BCUT2D eigenvalue weighted by Crippen LogP contribution is 2.32. The van der Waals surface area contributed by atoms with Crippen LogP contribution in [0.15, 0.2) is 59.7 Å². The molecule has 1 aromatic heterocycles. The van der Waals surface area contributed by atoms with Gasteiger partial charge in [0.1, 0.15) is 10.8 Å². The van der Waals surface area contributed by atoms with Gasteiger partial charge in [-0.15, -0.1) is 11.3 Å². The molecule has 11 heteroatoms. The van der Waals surface area contributed by atoms with Crippen molar-refractivity contribution in [3.05, 3.63) is 85.4 Å². The molecule has 0 atom stereocenters. The van der Waals surface area contributed by atoms with Crippen LogP contribution in [0, 0.1) is 15.5 Å². The number of nitro benzene ring substituents is 1. The number of aliphatic hydroxyl groups is 1. The summed E-state index contributed by atoms with van der Waals surface area (Å²) in [7, 11) is 0. The first kappa shape index (κ1) is 20.5. The predicted molar refractivity (Wildman–Crippen MR) is 117 cm³/mol. The van der Waals surface area contributed by atoms with Gasteiger partial charge in [0.05, 0.1) is 22.7 Å². The number of non-ortho nitro benzene ring substituents is 1. The van der Waals surface area contributed by atoms with Crippen LogP contribution in [0.4, 0.5) is 5.69 Å². The second-order valence-electron chi connectivity index (χ2n) is 6.55. The van der Waals surface area contributed by atoms with Gasteiger partial charge in [0.2, 0.25) is 0 Å². The summed E-state index contributed by atoms with van der Waals surface area (Å²) in [5, 5.41) is 33.7. The number of halogens is 1. The topological polar surface area (TPSA) is 132 Å². The zero-order chi connectivity index (χ0) is 22.1. The SMILES string of the molecule is N=C1C(c2nc(-c3ccc(Cl)cc3)cs2)=C(O)CN1NC(=O)c1cccc([N+](=O)[O-])c1. The largest absolute Gasteiger partial charge is 0.509 e. The number of aromatic nitrogens is 1. The van der Waals surface area contributed by atoms with Crippen molar-refractivity contribution in [2.24, 2.45) is 0 Å². The van der Waals surface area contributed by atoms with Crippen molar-refractivity contribution in [1.82, 2.24) is 15.4 Å². The van der Waals surface area contributed by atoms with E-state index in [0.29, 0.717) is 15.7 Å². The van der Waals surface area contributed by atoms with Gasteiger partial charge >= 0.3 is 0 Å². The summed E-state index contributed by atoms with van der Waals surface area (Å²) in [6, 6.07) is 12.4. The van der Waals surface area contributed by atoms with Gasteiger partial charge in [0.25, 0.3) is 11.6 Å². The number of hydrogen-bond acceptors (Lipinski definition) is 7. The Labute approximate surface area is 184 Å². The molecule has 0 radical (unpaired) electrons. The number of nitrogens with one attached hydrogen (secondary N) is 2. The molecule has 0 spiro atoms. The third-order valence-electron chi connectivity index (χ3n) is 4.52. The molecular formula is C20H14ClN5O4S. The monoisotopic (exact) mass is 455 g/mol. The van der Waals surface area contributed by atoms with Crippen molar-refractivity contribution in [2.45, 2.75) is 0 Å². The quantitative estimate of drug-likeness (QED) is 0.388. The van der Waals surface area contributed by atoms with Gasteiger partial charge in [-0.05, 0) is 18.2 Å². The van der Waals surface area contributed by atoms with Crippen molar-refractivity contribution in [3.63, 3.8) is 0 Å². The molecule has 0 bridgehead atoms. The number of amidine groups is 1. The van der Waals surface area contributed by atoms with Crippen molar-refractivity contribution < 1.29 is 14.8 Å². The van der Waals surface area contributed by atoms with Crippen LogP contribution in [-0.2, 0) is 0 Å². The lowest BCUT2D eigenvalue weighted by molar-refractivity contribution is -0.384. The summed E-state index contributed by atoms with van der Waals surface area (Å²) in [6.07, 6.45) is 0. The molecule has 3 N–H and O–H groups in total. The van der Waals surface area contributed by atoms with Crippen molar-refractivity contribution >= 4 is 45.9 Å². The third-order valence-corrected chi connectivity index (χ3v) is 5.63. The van der Waals surface area contributed by atoms with Gasteiger partial charge in [-0.3, -0.25) is 30.8 Å². The molecule has 0 fully saturated rings. The highest BCUT2D eigenvalue weighted by molar-refractivity contribution is 7.11. The molecule has 1 aliphatic rings. The minimum atomic E-state index is -0.636. The standard InChI is InChI=1S/C20H14ClN5O4S/c21-13-6-4-11(5-7-13)15-10-31-20(23-15)17-16(27)9-25(18(17)22)24-19(28)12-2-1-3-14(8-12)26(29)30/h1-8,10,22,27H,9H2,(H,24,28). The van der Waals surface area contributed by atoms with Gasteiger partial charge in [0, 0.05) is 33.7 Å². The summed E-state index contributed by atoms with van der Waals surface area (Å²) in [6.45, 7) is -0.120. The average molecular weight is 456 g/mol. The maximum Gasteiger partial charge on any atom is 0.270 e. The molecule has 0 unspecified atom stereocenters. The van der Waals surface area contributed by atoms with Crippen LogP contribution >= 0.6 is 22.9 Å². The molecule has 0 saturated carbocycles. The normalized spacial score (nSPS) is 13.6. The second-order valence-corrected chi connectivity index (χ2v) is 7.84. The smallest absolute Gasteiger partial charge is 0.270 e. The van der Waals surface area contributed by atoms with E-state index in [9.17, 15) is 20.0 Å². The minimum absolute atomic E-state index is 0.0641. The molecular weight excluding hydrogens is 442 g/mol. The van der Waals surface area contributed by atoms with Crippen molar-refractivity contribution in [3.8, 4) is 11.3 Å². The van der Waals surface area contributed by atoms with Gasteiger partial charge in [-0.25, -0.2) is 4.98 Å². The molecule has 1 aliphatic heterocycles. The number of benzene rings is 2. The van der Waals surface area contributed by atoms with Crippen LogP contribution < -0.4 is 5.43 Å². The Hall–Kier alpha value is -3.76. The Morgan fingerprint density at radius 1 is 1.29 bits per heavy atom. The fourth-order valence-corrected chi connectivity index (χ4v) is 4.01. The number of carbonyl (C=O) groups is 1. The van der Waals surface area contributed by atoms with Gasteiger partial charge in [0.15, 0.2) is 5.84 Å². The van der Waals surface area contributed by atoms with E-state index in [1.807, 2.05) is 12.1 Å². The number of nitro groups is 1. The van der Waals surface area contributed by atoms with E-state index in [1.165, 1.54) is 29.5 Å². The minimum Gasteiger partial charge on any atom is -0.509 e. The number of aliphatic hydroxyl groups excluding tert-OH is 1.